The molecule has 0 amide bonds. The SMILES string of the molecule is O=S1(=O)CCC(O)(C2(CO)CCCNC2)C1. The van der Waals surface area contributed by atoms with E-state index in [2.05, 4.69) is 5.32 Å². The first-order chi connectivity index (χ1) is 7.43. The monoisotopic (exact) mass is 249 g/mol. The smallest absolute Gasteiger partial charge is 0.153 e. The van der Waals surface area contributed by atoms with E-state index in [0.717, 1.165) is 13.0 Å². The predicted octanol–water partition coefficient (Wildman–Crippen LogP) is -1.10. The van der Waals surface area contributed by atoms with Crippen LogP contribution in [-0.4, -0.2) is 55.4 Å². The Morgan fingerprint density at radius 2 is 2.06 bits per heavy atom. The van der Waals surface area contributed by atoms with Gasteiger partial charge in [-0.3, -0.25) is 0 Å². The third-order valence-corrected chi connectivity index (χ3v) is 5.79. The second kappa shape index (κ2) is 3.94. The molecule has 2 rings (SSSR count). The van der Waals surface area contributed by atoms with Gasteiger partial charge in [-0.15, -0.1) is 0 Å². The van der Waals surface area contributed by atoms with Crippen LogP contribution in [0.2, 0.25) is 0 Å². The highest BCUT2D eigenvalue weighted by molar-refractivity contribution is 7.91. The molecule has 94 valence electrons. The molecule has 2 aliphatic rings. The quantitative estimate of drug-likeness (QED) is 0.578. The number of nitrogens with one attached hydrogen (secondary N) is 1. The van der Waals surface area contributed by atoms with Gasteiger partial charge in [-0.1, -0.05) is 0 Å². The fraction of sp³-hybridized carbons (Fsp3) is 1.00. The van der Waals surface area contributed by atoms with Crippen molar-refractivity contribution in [3.8, 4) is 0 Å². The van der Waals surface area contributed by atoms with E-state index >= 15 is 0 Å². The second-order valence-electron chi connectivity index (χ2n) is 5.09. The van der Waals surface area contributed by atoms with Crippen LogP contribution in [-0.2, 0) is 9.84 Å². The van der Waals surface area contributed by atoms with Gasteiger partial charge in [-0.05, 0) is 25.8 Å². The maximum Gasteiger partial charge on any atom is 0.153 e. The van der Waals surface area contributed by atoms with Crippen LogP contribution >= 0.6 is 0 Å². The lowest BCUT2D eigenvalue weighted by atomic mass is 9.67. The molecule has 2 heterocycles. The van der Waals surface area contributed by atoms with Gasteiger partial charge in [-0.2, -0.15) is 0 Å². The molecule has 2 saturated heterocycles. The fourth-order valence-electron chi connectivity index (χ4n) is 2.90. The predicted molar refractivity (Wildman–Crippen MR) is 59.8 cm³/mol. The molecule has 5 nitrogen and oxygen atoms in total. The summed E-state index contributed by atoms with van der Waals surface area (Å²) in [6, 6.07) is 0. The molecule has 2 atom stereocenters. The average molecular weight is 249 g/mol. The number of rotatable bonds is 2. The number of sulfone groups is 1. The number of hydrogen-bond acceptors (Lipinski definition) is 5. The average Bonchev–Trinajstić information content (AvgIpc) is 2.55. The number of aliphatic hydroxyl groups excluding tert-OH is 1. The van der Waals surface area contributed by atoms with Crippen LogP contribution < -0.4 is 5.32 Å². The van der Waals surface area contributed by atoms with Crippen LogP contribution in [0.15, 0.2) is 0 Å². The Balaban J connectivity index is 2.27. The first-order valence-corrected chi connectivity index (χ1v) is 7.50. The Hall–Kier alpha value is -0.170. The van der Waals surface area contributed by atoms with Gasteiger partial charge in [0, 0.05) is 12.0 Å². The zero-order chi connectivity index (χ0) is 11.9. The van der Waals surface area contributed by atoms with Crippen molar-refractivity contribution in [1.29, 1.82) is 0 Å². The van der Waals surface area contributed by atoms with E-state index in [9.17, 15) is 18.6 Å². The molecule has 0 saturated carbocycles. The van der Waals surface area contributed by atoms with Gasteiger partial charge in [0.25, 0.3) is 0 Å². The minimum absolute atomic E-state index is 0.0330. The molecule has 2 fully saturated rings. The summed E-state index contributed by atoms with van der Waals surface area (Å²) in [4.78, 5) is 0. The van der Waals surface area contributed by atoms with Crippen molar-refractivity contribution >= 4 is 9.84 Å². The van der Waals surface area contributed by atoms with E-state index in [1.165, 1.54) is 0 Å². The van der Waals surface area contributed by atoms with Crippen LogP contribution in [0.3, 0.4) is 0 Å². The van der Waals surface area contributed by atoms with E-state index < -0.39 is 20.9 Å². The largest absolute Gasteiger partial charge is 0.396 e. The lowest BCUT2D eigenvalue weighted by Crippen LogP contribution is -2.58. The standard InChI is InChI=1S/C10H19NO4S/c12-7-9(2-1-4-11-6-9)10(13)3-5-16(14,15)8-10/h11-13H,1-8H2. The third-order valence-electron chi connectivity index (χ3n) is 4.05. The third kappa shape index (κ3) is 1.88. The summed E-state index contributed by atoms with van der Waals surface area (Å²) in [6.07, 6.45) is 1.79. The minimum Gasteiger partial charge on any atom is -0.396 e. The maximum absolute atomic E-state index is 11.5. The highest BCUT2D eigenvalue weighted by Crippen LogP contribution is 2.43. The van der Waals surface area contributed by atoms with Crippen molar-refractivity contribution in [3.63, 3.8) is 0 Å². The topological polar surface area (TPSA) is 86.6 Å². The summed E-state index contributed by atoms with van der Waals surface area (Å²) in [5, 5.41) is 23.2. The first kappa shape index (κ1) is 12.3. The van der Waals surface area contributed by atoms with Gasteiger partial charge in [-0.25, -0.2) is 8.42 Å². The summed E-state index contributed by atoms with van der Waals surface area (Å²) < 4.78 is 23.0. The highest BCUT2D eigenvalue weighted by atomic mass is 32.2. The lowest BCUT2D eigenvalue weighted by Gasteiger charge is -2.46. The molecule has 0 spiro atoms. The Morgan fingerprint density at radius 3 is 2.50 bits per heavy atom. The van der Waals surface area contributed by atoms with Gasteiger partial charge >= 0.3 is 0 Å². The van der Waals surface area contributed by atoms with Crippen LogP contribution in [0.4, 0.5) is 0 Å². The Bertz CT molecular complexity index is 361. The normalized spacial score (nSPS) is 43.4. The zero-order valence-corrected chi connectivity index (χ0v) is 10.1. The van der Waals surface area contributed by atoms with Crippen molar-refractivity contribution in [2.45, 2.75) is 24.9 Å². The molecule has 3 N–H and O–H groups in total. The van der Waals surface area contributed by atoms with E-state index in [4.69, 9.17) is 0 Å². The molecule has 16 heavy (non-hydrogen) atoms. The van der Waals surface area contributed by atoms with Crippen molar-refractivity contribution in [1.82, 2.24) is 5.32 Å². The summed E-state index contributed by atoms with van der Waals surface area (Å²) in [6.45, 7) is 1.20. The number of hydrogen-bond donors (Lipinski definition) is 3. The molecule has 0 aliphatic carbocycles. The molecule has 0 aromatic heterocycles. The minimum atomic E-state index is -3.14. The summed E-state index contributed by atoms with van der Waals surface area (Å²) in [5.74, 6) is -0.173. The number of piperidine rings is 1. The van der Waals surface area contributed by atoms with Crippen LogP contribution in [0, 0.1) is 5.41 Å². The van der Waals surface area contributed by atoms with E-state index in [1.807, 2.05) is 0 Å². The lowest BCUT2D eigenvalue weighted by molar-refractivity contribution is -0.102. The van der Waals surface area contributed by atoms with Gasteiger partial charge in [0.1, 0.15) is 0 Å². The first-order valence-electron chi connectivity index (χ1n) is 5.68. The van der Waals surface area contributed by atoms with E-state index in [0.29, 0.717) is 13.0 Å². The van der Waals surface area contributed by atoms with Gasteiger partial charge in [0.15, 0.2) is 9.84 Å². The van der Waals surface area contributed by atoms with Crippen molar-refractivity contribution in [2.24, 2.45) is 5.41 Å². The zero-order valence-electron chi connectivity index (χ0n) is 9.28. The Morgan fingerprint density at radius 1 is 1.31 bits per heavy atom. The fourth-order valence-corrected chi connectivity index (χ4v) is 4.87. The molecular formula is C10H19NO4S. The van der Waals surface area contributed by atoms with Crippen molar-refractivity contribution in [3.05, 3.63) is 0 Å². The van der Waals surface area contributed by atoms with Crippen molar-refractivity contribution < 1.29 is 18.6 Å². The van der Waals surface area contributed by atoms with Gasteiger partial charge in [0.2, 0.25) is 0 Å². The molecule has 0 bridgehead atoms. The second-order valence-corrected chi connectivity index (χ2v) is 7.28. The maximum atomic E-state index is 11.5. The van der Waals surface area contributed by atoms with E-state index in [1.54, 1.807) is 0 Å². The van der Waals surface area contributed by atoms with Gasteiger partial charge in [0.05, 0.1) is 23.7 Å². The van der Waals surface area contributed by atoms with Crippen LogP contribution in [0.25, 0.3) is 0 Å². The summed E-state index contributed by atoms with van der Waals surface area (Å²) in [7, 11) is -3.14. The molecule has 6 heteroatoms. The molecule has 2 unspecified atom stereocenters. The van der Waals surface area contributed by atoms with E-state index in [-0.39, 0.29) is 24.5 Å². The molecular weight excluding hydrogens is 230 g/mol. The van der Waals surface area contributed by atoms with Gasteiger partial charge < -0.3 is 15.5 Å². The molecule has 0 radical (unpaired) electrons. The molecule has 0 aromatic carbocycles. The Labute approximate surface area is 95.8 Å². The van der Waals surface area contributed by atoms with Crippen LogP contribution in [0.5, 0.6) is 0 Å². The highest BCUT2D eigenvalue weighted by Gasteiger charge is 2.55. The summed E-state index contributed by atoms with van der Waals surface area (Å²) in [5.41, 5.74) is -1.94. The Kier molecular flexibility index (Phi) is 3.03. The van der Waals surface area contributed by atoms with Crippen molar-refractivity contribution in [2.75, 3.05) is 31.2 Å². The van der Waals surface area contributed by atoms with Crippen LogP contribution in [0.1, 0.15) is 19.3 Å². The summed E-state index contributed by atoms with van der Waals surface area (Å²) >= 11 is 0. The molecule has 2 aliphatic heterocycles. The molecule has 0 aromatic rings. The number of aliphatic hydroxyl groups is 2.